The van der Waals surface area contributed by atoms with Gasteiger partial charge in [0.1, 0.15) is 0 Å². The smallest absolute Gasteiger partial charge is 0.0942 e. The van der Waals surface area contributed by atoms with Crippen molar-refractivity contribution in [3.63, 3.8) is 0 Å². The van der Waals surface area contributed by atoms with Crippen LogP contribution in [0, 0.1) is 0 Å². The summed E-state index contributed by atoms with van der Waals surface area (Å²) in [5.41, 5.74) is 0.996. The molecule has 2 nitrogen and oxygen atoms in total. The third-order valence-electron chi connectivity index (χ3n) is 3.64. The van der Waals surface area contributed by atoms with Crippen LogP contribution in [0.2, 0.25) is 0 Å². The van der Waals surface area contributed by atoms with Crippen molar-refractivity contribution in [1.82, 2.24) is 4.90 Å². The van der Waals surface area contributed by atoms with Crippen LogP contribution < -0.4 is 0 Å². The lowest BCUT2D eigenvalue weighted by Gasteiger charge is -2.33. The number of nitrogens with zero attached hydrogens (tertiary/aromatic N) is 1. The van der Waals surface area contributed by atoms with E-state index in [0.29, 0.717) is 6.04 Å². The molecule has 0 fully saturated rings. The van der Waals surface area contributed by atoms with Crippen molar-refractivity contribution in [2.75, 3.05) is 7.05 Å². The third-order valence-corrected chi connectivity index (χ3v) is 3.64. The van der Waals surface area contributed by atoms with Gasteiger partial charge in [0.2, 0.25) is 0 Å². The summed E-state index contributed by atoms with van der Waals surface area (Å²) in [5, 5.41) is 10.3. The van der Waals surface area contributed by atoms with Crippen molar-refractivity contribution in [3.8, 4) is 0 Å². The number of aliphatic hydroxyl groups excluding tert-OH is 1. The summed E-state index contributed by atoms with van der Waals surface area (Å²) in [6, 6.07) is 10.5. The van der Waals surface area contributed by atoms with Crippen LogP contribution in [0.15, 0.2) is 30.3 Å². The lowest BCUT2D eigenvalue weighted by atomic mass is 10.0. The lowest BCUT2D eigenvalue weighted by Crippen LogP contribution is -2.40. The topological polar surface area (TPSA) is 23.5 Å². The van der Waals surface area contributed by atoms with Crippen molar-refractivity contribution in [2.45, 2.75) is 51.8 Å². The molecule has 3 unspecified atom stereocenters. The standard InChI is InChI=1S/C15H25NO/c1-5-9-12(2)16(4)13(3)15(17)14-10-7-6-8-11-14/h6-8,10-13,15,17H,5,9H2,1-4H3. The van der Waals surface area contributed by atoms with E-state index in [4.69, 9.17) is 0 Å². The lowest BCUT2D eigenvalue weighted by molar-refractivity contribution is 0.0509. The summed E-state index contributed by atoms with van der Waals surface area (Å²) in [6.07, 6.45) is 1.93. The van der Waals surface area contributed by atoms with Gasteiger partial charge in [-0.05, 0) is 32.9 Å². The molecule has 2 heteroatoms. The molecule has 17 heavy (non-hydrogen) atoms. The first kappa shape index (κ1) is 14.2. The van der Waals surface area contributed by atoms with Gasteiger partial charge < -0.3 is 5.11 Å². The summed E-state index contributed by atoms with van der Waals surface area (Å²) < 4.78 is 0. The van der Waals surface area contributed by atoms with Crippen molar-refractivity contribution in [3.05, 3.63) is 35.9 Å². The summed E-state index contributed by atoms with van der Waals surface area (Å²) >= 11 is 0. The minimum atomic E-state index is -0.416. The number of likely N-dealkylation sites (N-methyl/N-ethyl adjacent to an activating group) is 1. The molecule has 0 heterocycles. The fourth-order valence-electron chi connectivity index (χ4n) is 2.17. The Bertz CT molecular complexity index is 312. The van der Waals surface area contributed by atoms with Gasteiger partial charge in [0.25, 0.3) is 0 Å². The van der Waals surface area contributed by atoms with Crippen LogP contribution in [0.25, 0.3) is 0 Å². The summed E-state index contributed by atoms with van der Waals surface area (Å²) in [4.78, 5) is 2.27. The highest BCUT2D eigenvalue weighted by Crippen LogP contribution is 2.22. The Balaban J connectivity index is 2.66. The molecule has 96 valence electrons. The zero-order chi connectivity index (χ0) is 12.8. The van der Waals surface area contributed by atoms with Gasteiger partial charge in [-0.15, -0.1) is 0 Å². The van der Waals surface area contributed by atoms with E-state index >= 15 is 0 Å². The van der Waals surface area contributed by atoms with Gasteiger partial charge in [-0.3, -0.25) is 4.90 Å². The molecule has 0 saturated heterocycles. The van der Waals surface area contributed by atoms with Crippen LogP contribution >= 0.6 is 0 Å². The Morgan fingerprint density at radius 2 is 1.76 bits per heavy atom. The highest BCUT2D eigenvalue weighted by Gasteiger charge is 2.23. The Labute approximate surface area is 105 Å². The first-order chi connectivity index (χ1) is 8.07. The zero-order valence-electron chi connectivity index (χ0n) is 11.4. The Kier molecular flexibility index (Phi) is 5.66. The van der Waals surface area contributed by atoms with E-state index in [1.807, 2.05) is 30.3 Å². The number of benzene rings is 1. The van der Waals surface area contributed by atoms with Crippen LogP contribution in [-0.4, -0.2) is 29.1 Å². The fraction of sp³-hybridized carbons (Fsp3) is 0.600. The van der Waals surface area contributed by atoms with E-state index in [1.54, 1.807) is 0 Å². The highest BCUT2D eigenvalue weighted by atomic mass is 16.3. The Morgan fingerprint density at radius 3 is 2.29 bits per heavy atom. The van der Waals surface area contributed by atoms with Crippen LogP contribution in [-0.2, 0) is 0 Å². The summed E-state index contributed by atoms with van der Waals surface area (Å²) in [6.45, 7) is 6.50. The van der Waals surface area contributed by atoms with E-state index in [1.165, 1.54) is 12.8 Å². The molecule has 3 atom stereocenters. The molecule has 0 spiro atoms. The second kappa shape index (κ2) is 6.77. The monoisotopic (exact) mass is 235 g/mol. The molecule has 1 aromatic carbocycles. The van der Waals surface area contributed by atoms with Crippen LogP contribution in [0.1, 0.15) is 45.3 Å². The number of hydrogen-bond acceptors (Lipinski definition) is 2. The molecule has 0 amide bonds. The van der Waals surface area contributed by atoms with E-state index in [-0.39, 0.29) is 6.04 Å². The fourth-order valence-corrected chi connectivity index (χ4v) is 2.17. The van der Waals surface area contributed by atoms with E-state index in [2.05, 4.69) is 32.7 Å². The minimum absolute atomic E-state index is 0.138. The SMILES string of the molecule is CCCC(C)N(C)C(C)C(O)c1ccccc1. The summed E-state index contributed by atoms with van der Waals surface area (Å²) in [5.74, 6) is 0. The first-order valence-corrected chi connectivity index (χ1v) is 6.52. The van der Waals surface area contributed by atoms with Gasteiger partial charge in [-0.2, -0.15) is 0 Å². The Hall–Kier alpha value is -0.860. The molecular weight excluding hydrogens is 210 g/mol. The van der Waals surface area contributed by atoms with Gasteiger partial charge in [0, 0.05) is 12.1 Å². The maximum Gasteiger partial charge on any atom is 0.0942 e. The third kappa shape index (κ3) is 3.83. The molecule has 0 bridgehead atoms. The number of aliphatic hydroxyl groups is 1. The van der Waals surface area contributed by atoms with Crippen LogP contribution in [0.3, 0.4) is 0 Å². The Morgan fingerprint density at radius 1 is 1.18 bits per heavy atom. The molecule has 0 aliphatic rings. The summed E-state index contributed by atoms with van der Waals surface area (Å²) in [7, 11) is 2.09. The number of rotatable bonds is 6. The number of hydrogen-bond donors (Lipinski definition) is 1. The van der Waals surface area contributed by atoms with Crippen LogP contribution in [0.4, 0.5) is 0 Å². The molecule has 1 aromatic rings. The van der Waals surface area contributed by atoms with Gasteiger partial charge in [-0.1, -0.05) is 43.7 Å². The molecular formula is C15H25NO. The largest absolute Gasteiger partial charge is 0.387 e. The van der Waals surface area contributed by atoms with Crippen molar-refractivity contribution in [2.24, 2.45) is 0 Å². The molecule has 0 aliphatic carbocycles. The molecule has 0 aliphatic heterocycles. The van der Waals surface area contributed by atoms with E-state index in [0.717, 1.165) is 5.56 Å². The second-order valence-corrected chi connectivity index (χ2v) is 4.90. The molecule has 0 radical (unpaired) electrons. The van der Waals surface area contributed by atoms with Crippen molar-refractivity contribution in [1.29, 1.82) is 0 Å². The minimum Gasteiger partial charge on any atom is -0.387 e. The van der Waals surface area contributed by atoms with E-state index in [9.17, 15) is 5.11 Å². The van der Waals surface area contributed by atoms with Gasteiger partial charge in [0.15, 0.2) is 0 Å². The molecule has 0 aromatic heterocycles. The van der Waals surface area contributed by atoms with Crippen molar-refractivity contribution < 1.29 is 5.11 Å². The van der Waals surface area contributed by atoms with Gasteiger partial charge in [0.05, 0.1) is 6.10 Å². The quantitative estimate of drug-likeness (QED) is 0.818. The molecule has 1 rings (SSSR count). The van der Waals surface area contributed by atoms with Crippen molar-refractivity contribution >= 4 is 0 Å². The predicted molar refractivity (Wildman–Crippen MR) is 73.0 cm³/mol. The average molecular weight is 235 g/mol. The normalized spacial score (nSPS) is 16.8. The van der Waals surface area contributed by atoms with Gasteiger partial charge >= 0.3 is 0 Å². The first-order valence-electron chi connectivity index (χ1n) is 6.52. The average Bonchev–Trinajstić information content (AvgIpc) is 2.37. The van der Waals surface area contributed by atoms with Crippen LogP contribution in [0.5, 0.6) is 0 Å². The van der Waals surface area contributed by atoms with E-state index < -0.39 is 6.10 Å². The highest BCUT2D eigenvalue weighted by molar-refractivity contribution is 5.18. The zero-order valence-corrected chi connectivity index (χ0v) is 11.4. The molecule has 1 N–H and O–H groups in total. The molecule has 0 saturated carbocycles. The maximum absolute atomic E-state index is 10.3. The van der Waals surface area contributed by atoms with Gasteiger partial charge in [-0.25, -0.2) is 0 Å². The predicted octanol–water partition coefficient (Wildman–Crippen LogP) is 3.23. The maximum atomic E-state index is 10.3. The second-order valence-electron chi connectivity index (χ2n) is 4.90.